The first kappa shape index (κ1) is 17.7. The van der Waals surface area contributed by atoms with Gasteiger partial charge in [0.25, 0.3) is 0 Å². The van der Waals surface area contributed by atoms with Crippen molar-refractivity contribution in [3.05, 3.63) is 48.0 Å². The molecule has 0 saturated heterocycles. The van der Waals surface area contributed by atoms with Gasteiger partial charge in [0.2, 0.25) is 0 Å². The highest BCUT2D eigenvalue weighted by Crippen LogP contribution is 2.22. The number of unbranched alkanes of at least 4 members (excludes halogenated alkanes) is 1. The Bertz CT molecular complexity index is 768. The second-order valence-electron chi connectivity index (χ2n) is 6.06. The summed E-state index contributed by atoms with van der Waals surface area (Å²) in [7, 11) is 0. The topological polar surface area (TPSA) is 43.4 Å². The van der Waals surface area contributed by atoms with E-state index in [2.05, 4.69) is 5.92 Å². The van der Waals surface area contributed by atoms with Crippen LogP contribution in [0, 0.1) is 18.3 Å². The fourth-order valence-corrected chi connectivity index (χ4v) is 2.62. The average molecular weight is 322 g/mol. The lowest BCUT2D eigenvalue weighted by Gasteiger charge is -2.17. The van der Waals surface area contributed by atoms with Crippen molar-refractivity contribution in [3.63, 3.8) is 0 Å². The van der Waals surface area contributed by atoms with Crippen molar-refractivity contribution in [3.8, 4) is 12.3 Å². The smallest absolute Gasteiger partial charge is 0.317 e. The van der Waals surface area contributed by atoms with Crippen LogP contribution in [0.15, 0.2) is 42.5 Å². The third kappa shape index (κ3) is 4.45. The lowest BCUT2D eigenvalue weighted by atomic mass is 9.91. The molecular formula is C21H22O3. The van der Waals surface area contributed by atoms with Crippen molar-refractivity contribution >= 4 is 22.5 Å². The van der Waals surface area contributed by atoms with E-state index in [-0.39, 0.29) is 11.9 Å². The van der Waals surface area contributed by atoms with E-state index < -0.39 is 11.9 Å². The lowest BCUT2D eigenvalue weighted by molar-refractivity contribution is -0.150. The third-order valence-corrected chi connectivity index (χ3v) is 3.80. The first-order valence-electron chi connectivity index (χ1n) is 8.20. The maximum atomic E-state index is 12.9. The largest absolute Gasteiger partial charge is 0.462 e. The third-order valence-electron chi connectivity index (χ3n) is 3.80. The molecule has 2 aromatic rings. The number of carbonyl (C=O) groups is 2. The number of terminal acetylenes is 1. The SMILES string of the molecule is C#CCCCC(C(=O)OC(C)C)C(=O)c1ccc2ccccc2c1. The van der Waals surface area contributed by atoms with Crippen LogP contribution >= 0.6 is 0 Å². The Hall–Kier alpha value is -2.60. The minimum absolute atomic E-state index is 0.205. The first-order valence-corrected chi connectivity index (χ1v) is 8.20. The molecule has 1 unspecified atom stereocenters. The van der Waals surface area contributed by atoms with Gasteiger partial charge in [-0.25, -0.2) is 0 Å². The van der Waals surface area contributed by atoms with Crippen LogP contribution in [-0.4, -0.2) is 17.9 Å². The summed E-state index contributed by atoms with van der Waals surface area (Å²) in [6.45, 7) is 3.55. The monoisotopic (exact) mass is 322 g/mol. The summed E-state index contributed by atoms with van der Waals surface area (Å²) in [6, 6.07) is 13.3. The Labute approximate surface area is 143 Å². The predicted octanol–water partition coefficient (Wildman–Crippen LogP) is 4.39. The van der Waals surface area contributed by atoms with Crippen molar-refractivity contribution in [1.29, 1.82) is 0 Å². The summed E-state index contributed by atoms with van der Waals surface area (Å²) in [5.74, 6) is 1.06. The molecule has 0 heterocycles. The minimum Gasteiger partial charge on any atom is -0.462 e. The van der Waals surface area contributed by atoms with Gasteiger partial charge in [0.1, 0.15) is 5.92 Å². The van der Waals surface area contributed by atoms with E-state index >= 15 is 0 Å². The van der Waals surface area contributed by atoms with Gasteiger partial charge in [-0.3, -0.25) is 9.59 Å². The number of Topliss-reactive ketones (excluding diaryl/α,β-unsaturated/α-hetero) is 1. The van der Waals surface area contributed by atoms with E-state index in [0.29, 0.717) is 24.8 Å². The molecule has 0 aliphatic carbocycles. The van der Waals surface area contributed by atoms with Crippen molar-refractivity contribution in [2.24, 2.45) is 5.92 Å². The molecule has 0 N–H and O–H groups in total. The second kappa shape index (κ2) is 8.31. The molecule has 1 atom stereocenters. The number of hydrogen-bond acceptors (Lipinski definition) is 3. The van der Waals surface area contributed by atoms with E-state index in [1.54, 1.807) is 19.9 Å². The predicted molar refractivity (Wildman–Crippen MR) is 95.7 cm³/mol. The van der Waals surface area contributed by atoms with Gasteiger partial charge >= 0.3 is 5.97 Å². The van der Waals surface area contributed by atoms with Gasteiger partial charge in [0.15, 0.2) is 5.78 Å². The minimum atomic E-state index is -0.804. The summed E-state index contributed by atoms with van der Waals surface area (Å²) in [6.07, 6.45) is 6.58. The number of hydrogen-bond donors (Lipinski definition) is 0. The molecule has 124 valence electrons. The standard InChI is InChI=1S/C21H22O3/c1-4-5-6-11-19(21(23)24-15(2)3)20(22)18-13-12-16-9-7-8-10-17(16)14-18/h1,7-10,12-15,19H,5-6,11H2,2-3H3. The van der Waals surface area contributed by atoms with Gasteiger partial charge in [0.05, 0.1) is 6.10 Å². The van der Waals surface area contributed by atoms with Crippen LogP contribution in [-0.2, 0) is 9.53 Å². The second-order valence-corrected chi connectivity index (χ2v) is 6.06. The summed E-state index contributed by atoms with van der Waals surface area (Å²) in [5.41, 5.74) is 0.528. The maximum Gasteiger partial charge on any atom is 0.317 e. The molecule has 3 heteroatoms. The number of esters is 1. The highest BCUT2D eigenvalue weighted by Gasteiger charge is 2.29. The number of carbonyl (C=O) groups excluding carboxylic acids is 2. The molecule has 2 aromatic carbocycles. The molecule has 0 radical (unpaired) electrons. The van der Waals surface area contributed by atoms with E-state index in [9.17, 15) is 9.59 Å². The van der Waals surface area contributed by atoms with Gasteiger partial charge < -0.3 is 4.74 Å². The Morgan fingerprint density at radius 2 is 1.83 bits per heavy atom. The normalized spacial score (nSPS) is 11.9. The molecule has 0 saturated carbocycles. The lowest BCUT2D eigenvalue weighted by Crippen LogP contribution is -2.28. The van der Waals surface area contributed by atoms with Gasteiger partial charge in [0, 0.05) is 12.0 Å². The van der Waals surface area contributed by atoms with Crippen LogP contribution in [0.25, 0.3) is 10.8 Å². The Morgan fingerprint density at radius 3 is 2.50 bits per heavy atom. The van der Waals surface area contributed by atoms with Crippen LogP contribution in [0.1, 0.15) is 43.5 Å². The van der Waals surface area contributed by atoms with Gasteiger partial charge in [-0.2, -0.15) is 0 Å². The number of benzene rings is 2. The highest BCUT2D eigenvalue weighted by molar-refractivity contribution is 6.10. The van der Waals surface area contributed by atoms with E-state index in [1.165, 1.54) is 0 Å². The van der Waals surface area contributed by atoms with Crippen LogP contribution in [0.4, 0.5) is 0 Å². The molecular weight excluding hydrogens is 300 g/mol. The van der Waals surface area contributed by atoms with Crippen molar-refractivity contribution in [2.45, 2.75) is 39.2 Å². The summed E-state index contributed by atoms with van der Waals surface area (Å²) in [4.78, 5) is 25.2. The van der Waals surface area contributed by atoms with Crippen LogP contribution in [0.5, 0.6) is 0 Å². The zero-order chi connectivity index (χ0) is 17.5. The number of ether oxygens (including phenoxy) is 1. The zero-order valence-electron chi connectivity index (χ0n) is 14.1. The van der Waals surface area contributed by atoms with Gasteiger partial charge in [-0.05, 0) is 43.5 Å². The van der Waals surface area contributed by atoms with Crippen molar-refractivity contribution in [1.82, 2.24) is 0 Å². The molecule has 24 heavy (non-hydrogen) atoms. The molecule has 0 spiro atoms. The number of ketones is 1. The molecule has 0 aliphatic rings. The maximum absolute atomic E-state index is 12.9. The van der Waals surface area contributed by atoms with E-state index in [1.807, 2.05) is 36.4 Å². The zero-order valence-corrected chi connectivity index (χ0v) is 14.1. The molecule has 3 nitrogen and oxygen atoms in total. The Morgan fingerprint density at radius 1 is 1.12 bits per heavy atom. The summed E-state index contributed by atoms with van der Waals surface area (Å²) < 4.78 is 5.26. The fourth-order valence-electron chi connectivity index (χ4n) is 2.62. The Kier molecular flexibility index (Phi) is 6.14. The van der Waals surface area contributed by atoms with Gasteiger partial charge in [-0.1, -0.05) is 36.4 Å². The Balaban J connectivity index is 2.26. The van der Waals surface area contributed by atoms with Crippen LogP contribution in [0.2, 0.25) is 0 Å². The molecule has 0 fully saturated rings. The average Bonchev–Trinajstić information content (AvgIpc) is 2.57. The summed E-state index contributed by atoms with van der Waals surface area (Å²) >= 11 is 0. The first-order chi connectivity index (χ1) is 11.5. The number of fused-ring (bicyclic) bond motifs is 1. The van der Waals surface area contributed by atoms with Crippen molar-refractivity contribution in [2.75, 3.05) is 0 Å². The molecule has 0 amide bonds. The van der Waals surface area contributed by atoms with Gasteiger partial charge in [-0.15, -0.1) is 12.3 Å². The quantitative estimate of drug-likeness (QED) is 0.250. The highest BCUT2D eigenvalue weighted by atomic mass is 16.5. The fraction of sp³-hybridized carbons (Fsp3) is 0.333. The molecule has 2 rings (SSSR count). The molecule has 0 aliphatic heterocycles. The van der Waals surface area contributed by atoms with Crippen LogP contribution in [0.3, 0.4) is 0 Å². The van der Waals surface area contributed by atoms with Crippen molar-refractivity contribution < 1.29 is 14.3 Å². The van der Waals surface area contributed by atoms with E-state index in [0.717, 1.165) is 10.8 Å². The molecule has 0 aromatic heterocycles. The number of rotatable bonds is 7. The summed E-state index contributed by atoms with van der Waals surface area (Å²) in [5, 5.41) is 2.03. The molecule has 0 bridgehead atoms. The van der Waals surface area contributed by atoms with Crippen LogP contribution < -0.4 is 0 Å². The van der Waals surface area contributed by atoms with E-state index in [4.69, 9.17) is 11.2 Å².